The summed E-state index contributed by atoms with van der Waals surface area (Å²) in [5.41, 5.74) is 1.39. The molecule has 16 heavy (non-hydrogen) atoms. The molecule has 0 aliphatic heterocycles. The second-order valence-electron chi connectivity index (χ2n) is 3.42. The van der Waals surface area contributed by atoms with Gasteiger partial charge in [0.15, 0.2) is 0 Å². The molecule has 0 atom stereocenters. The minimum Gasteiger partial charge on any atom is -0.349 e. The second-order valence-corrected chi connectivity index (χ2v) is 3.81. The fourth-order valence-electron chi connectivity index (χ4n) is 1.33. The van der Waals surface area contributed by atoms with Crippen molar-refractivity contribution < 1.29 is 4.79 Å². The predicted molar refractivity (Wildman–Crippen MR) is 65.8 cm³/mol. The van der Waals surface area contributed by atoms with Crippen LogP contribution in [0, 0.1) is 0 Å². The molecule has 1 rings (SSSR count). The number of nitrogens with one attached hydrogen (secondary N) is 1. The Balaban J connectivity index is 2.86. The lowest BCUT2D eigenvalue weighted by Gasteiger charge is -2.05. The van der Waals surface area contributed by atoms with Gasteiger partial charge in [0.25, 0.3) is 5.91 Å². The third kappa shape index (κ3) is 3.66. The highest BCUT2D eigenvalue weighted by Gasteiger charge is 2.07. The number of aromatic nitrogens is 1. The summed E-state index contributed by atoms with van der Waals surface area (Å²) in [6.07, 6.45) is 3.43. The zero-order chi connectivity index (χ0) is 12.0. The summed E-state index contributed by atoms with van der Waals surface area (Å²) in [6.45, 7) is 6.04. The van der Waals surface area contributed by atoms with Crippen molar-refractivity contribution in [3.8, 4) is 0 Å². The van der Waals surface area contributed by atoms with Crippen LogP contribution in [-0.2, 0) is 6.42 Å². The molecule has 0 unspecified atom stereocenters. The maximum atomic E-state index is 11.7. The van der Waals surface area contributed by atoms with E-state index in [0.29, 0.717) is 17.3 Å². The standard InChI is InChI=1S/C12H15ClN2O/c1-3-5-10-7-9(8-11(13)15-10)12(16)14-6-4-2/h4,7-8H,2-3,5-6H2,1H3,(H,14,16). The number of rotatable bonds is 5. The quantitative estimate of drug-likeness (QED) is 0.633. The average Bonchev–Trinajstić information content (AvgIpc) is 2.25. The van der Waals surface area contributed by atoms with Crippen molar-refractivity contribution in [2.75, 3.05) is 6.54 Å². The van der Waals surface area contributed by atoms with E-state index in [1.54, 1.807) is 18.2 Å². The highest BCUT2D eigenvalue weighted by atomic mass is 35.5. The molecule has 4 heteroatoms. The van der Waals surface area contributed by atoms with Crippen LogP contribution in [0.25, 0.3) is 0 Å². The van der Waals surface area contributed by atoms with Gasteiger partial charge in [-0.2, -0.15) is 0 Å². The molecule has 1 N–H and O–H groups in total. The first-order valence-corrected chi connectivity index (χ1v) is 5.60. The topological polar surface area (TPSA) is 42.0 Å². The van der Waals surface area contributed by atoms with Crippen molar-refractivity contribution in [3.63, 3.8) is 0 Å². The highest BCUT2D eigenvalue weighted by Crippen LogP contribution is 2.12. The maximum Gasteiger partial charge on any atom is 0.251 e. The average molecular weight is 239 g/mol. The van der Waals surface area contributed by atoms with E-state index in [-0.39, 0.29) is 5.91 Å². The SMILES string of the molecule is C=CCNC(=O)c1cc(Cl)nc(CCC)c1. The molecule has 86 valence electrons. The first-order valence-electron chi connectivity index (χ1n) is 5.23. The molecule has 0 saturated heterocycles. The molecule has 1 heterocycles. The molecule has 0 aliphatic carbocycles. The van der Waals surface area contributed by atoms with Crippen molar-refractivity contribution in [3.05, 3.63) is 41.2 Å². The number of carbonyl (C=O) groups excluding carboxylic acids is 1. The zero-order valence-electron chi connectivity index (χ0n) is 9.29. The van der Waals surface area contributed by atoms with Crippen LogP contribution in [0.4, 0.5) is 0 Å². The van der Waals surface area contributed by atoms with Crippen molar-refractivity contribution in [1.29, 1.82) is 0 Å². The Hall–Kier alpha value is -1.35. The van der Waals surface area contributed by atoms with Crippen LogP contribution in [0.3, 0.4) is 0 Å². The van der Waals surface area contributed by atoms with E-state index >= 15 is 0 Å². The van der Waals surface area contributed by atoms with Crippen LogP contribution >= 0.6 is 11.6 Å². The fraction of sp³-hybridized carbons (Fsp3) is 0.333. The molecule has 1 aromatic rings. The minimum atomic E-state index is -0.151. The summed E-state index contributed by atoms with van der Waals surface area (Å²) >= 11 is 5.85. The van der Waals surface area contributed by atoms with Gasteiger partial charge in [-0.05, 0) is 18.6 Å². The van der Waals surface area contributed by atoms with Crippen molar-refractivity contribution in [1.82, 2.24) is 10.3 Å². The summed E-state index contributed by atoms with van der Waals surface area (Å²) in [4.78, 5) is 15.8. The monoisotopic (exact) mass is 238 g/mol. The lowest BCUT2D eigenvalue weighted by atomic mass is 10.1. The molecule has 1 aromatic heterocycles. The zero-order valence-corrected chi connectivity index (χ0v) is 10.0. The Morgan fingerprint density at radius 1 is 1.62 bits per heavy atom. The molecule has 3 nitrogen and oxygen atoms in total. The first kappa shape index (κ1) is 12.7. The lowest BCUT2D eigenvalue weighted by Crippen LogP contribution is -2.23. The van der Waals surface area contributed by atoms with Gasteiger partial charge < -0.3 is 5.32 Å². The summed E-state index contributed by atoms with van der Waals surface area (Å²) < 4.78 is 0. The second kappa shape index (κ2) is 6.28. The number of amides is 1. The predicted octanol–water partition coefficient (Wildman–Crippen LogP) is 2.60. The van der Waals surface area contributed by atoms with Gasteiger partial charge in [-0.15, -0.1) is 6.58 Å². The number of hydrogen-bond donors (Lipinski definition) is 1. The molecule has 0 radical (unpaired) electrons. The van der Waals surface area contributed by atoms with Crippen molar-refractivity contribution in [2.24, 2.45) is 0 Å². The fourth-order valence-corrected chi connectivity index (χ4v) is 1.56. The molecule has 0 spiro atoms. The Bertz CT molecular complexity index is 391. The van der Waals surface area contributed by atoms with E-state index < -0.39 is 0 Å². The van der Waals surface area contributed by atoms with Gasteiger partial charge in [0, 0.05) is 17.8 Å². The number of aryl methyl sites for hydroxylation is 1. The summed E-state index contributed by atoms with van der Waals surface area (Å²) in [6, 6.07) is 3.34. The van der Waals surface area contributed by atoms with E-state index in [1.165, 1.54) is 0 Å². The van der Waals surface area contributed by atoms with Crippen molar-refractivity contribution >= 4 is 17.5 Å². The van der Waals surface area contributed by atoms with Gasteiger partial charge >= 0.3 is 0 Å². The van der Waals surface area contributed by atoms with Gasteiger partial charge in [0.05, 0.1) is 0 Å². The maximum absolute atomic E-state index is 11.7. The van der Waals surface area contributed by atoms with Crippen LogP contribution in [0.1, 0.15) is 29.4 Å². The Morgan fingerprint density at radius 2 is 2.38 bits per heavy atom. The summed E-state index contributed by atoms with van der Waals surface area (Å²) in [5, 5.41) is 3.06. The number of halogens is 1. The van der Waals surface area contributed by atoms with Crippen LogP contribution in [0.2, 0.25) is 5.15 Å². The smallest absolute Gasteiger partial charge is 0.251 e. The molecule has 0 bridgehead atoms. The minimum absolute atomic E-state index is 0.151. The molecule has 0 saturated carbocycles. The summed E-state index contributed by atoms with van der Waals surface area (Å²) in [5.74, 6) is -0.151. The van der Waals surface area contributed by atoms with E-state index in [1.807, 2.05) is 0 Å². The van der Waals surface area contributed by atoms with Crippen LogP contribution < -0.4 is 5.32 Å². The number of carbonyl (C=O) groups is 1. The van der Waals surface area contributed by atoms with E-state index in [9.17, 15) is 4.79 Å². The Morgan fingerprint density at radius 3 is 3.00 bits per heavy atom. The van der Waals surface area contributed by atoms with Crippen molar-refractivity contribution in [2.45, 2.75) is 19.8 Å². The molecular formula is C12H15ClN2O. The molecular weight excluding hydrogens is 224 g/mol. The Kier molecular flexibility index (Phi) is 4.99. The van der Waals surface area contributed by atoms with E-state index in [2.05, 4.69) is 23.8 Å². The highest BCUT2D eigenvalue weighted by molar-refractivity contribution is 6.29. The van der Waals surface area contributed by atoms with E-state index in [0.717, 1.165) is 18.5 Å². The molecule has 0 aromatic carbocycles. The number of nitrogens with zero attached hydrogens (tertiary/aromatic N) is 1. The van der Waals surface area contributed by atoms with Gasteiger partial charge in [-0.3, -0.25) is 4.79 Å². The van der Waals surface area contributed by atoms with E-state index in [4.69, 9.17) is 11.6 Å². The van der Waals surface area contributed by atoms with Gasteiger partial charge in [-0.25, -0.2) is 4.98 Å². The van der Waals surface area contributed by atoms with Gasteiger partial charge in [0.1, 0.15) is 5.15 Å². The largest absolute Gasteiger partial charge is 0.349 e. The third-order valence-corrected chi connectivity index (χ3v) is 2.22. The summed E-state index contributed by atoms with van der Waals surface area (Å²) in [7, 11) is 0. The van der Waals surface area contributed by atoms with Gasteiger partial charge in [0.2, 0.25) is 0 Å². The molecule has 1 amide bonds. The number of hydrogen-bond acceptors (Lipinski definition) is 2. The molecule has 0 fully saturated rings. The number of pyridine rings is 1. The van der Waals surface area contributed by atoms with Crippen LogP contribution in [0.15, 0.2) is 24.8 Å². The molecule has 0 aliphatic rings. The first-order chi connectivity index (χ1) is 7.67. The van der Waals surface area contributed by atoms with Gasteiger partial charge in [-0.1, -0.05) is 31.0 Å². The third-order valence-electron chi connectivity index (χ3n) is 2.02. The van der Waals surface area contributed by atoms with Crippen LogP contribution in [0.5, 0.6) is 0 Å². The lowest BCUT2D eigenvalue weighted by molar-refractivity contribution is 0.0958. The normalized spacial score (nSPS) is 9.88. The Labute approximate surface area is 101 Å². The van der Waals surface area contributed by atoms with Crippen LogP contribution in [-0.4, -0.2) is 17.4 Å².